The normalized spacial score (nSPS) is 11.0. The van der Waals surface area contributed by atoms with E-state index in [1.54, 1.807) is 30.8 Å². The quantitative estimate of drug-likeness (QED) is 0.180. The smallest absolute Gasteiger partial charge is 0.243 e. The first-order valence-electron chi connectivity index (χ1n) is 9.05. The van der Waals surface area contributed by atoms with Gasteiger partial charge in [-0.15, -0.1) is 35.7 Å². The molecule has 1 N–H and O–H groups in total. The Kier molecular flexibility index (Phi) is 11.5. The van der Waals surface area contributed by atoms with E-state index in [1.807, 2.05) is 55.5 Å². The van der Waals surface area contributed by atoms with Crippen LogP contribution in [0.15, 0.2) is 52.5 Å². The summed E-state index contributed by atoms with van der Waals surface area (Å²) in [4.78, 5) is 21.2. The minimum atomic E-state index is -0.0258. The van der Waals surface area contributed by atoms with Crippen molar-refractivity contribution in [2.45, 2.75) is 11.4 Å². The molecule has 29 heavy (non-hydrogen) atoms. The van der Waals surface area contributed by atoms with Gasteiger partial charge in [-0.25, -0.2) is 4.99 Å². The Morgan fingerprint density at radius 2 is 1.90 bits per heavy atom. The zero-order valence-electron chi connectivity index (χ0n) is 17.3. The van der Waals surface area contributed by atoms with Crippen LogP contribution >= 0.6 is 47.3 Å². The number of hydrogen-bond donors (Lipinski definition) is 1. The number of rotatable bonds is 8. The molecule has 1 aromatic heterocycles. The van der Waals surface area contributed by atoms with E-state index in [0.717, 1.165) is 17.3 Å². The topological polar surface area (TPSA) is 52.9 Å². The van der Waals surface area contributed by atoms with E-state index >= 15 is 0 Å². The third kappa shape index (κ3) is 8.88. The molecule has 0 radical (unpaired) electrons. The SMILES string of the molecule is CN(C)C(=O)CN=C(NCCSc1ccc(Cl)cc1)N(C)Cc1cccn1C.I. The number of aryl methyl sites for hydroxylation is 1. The lowest BCUT2D eigenvalue weighted by Gasteiger charge is -2.23. The van der Waals surface area contributed by atoms with Crippen LogP contribution in [-0.4, -0.2) is 66.2 Å². The largest absolute Gasteiger partial charge is 0.355 e. The van der Waals surface area contributed by atoms with Crippen LogP contribution in [0.1, 0.15) is 5.69 Å². The molecule has 9 heteroatoms. The van der Waals surface area contributed by atoms with E-state index in [2.05, 4.69) is 20.9 Å². The van der Waals surface area contributed by atoms with Gasteiger partial charge in [0.15, 0.2) is 5.96 Å². The van der Waals surface area contributed by atoms with E-state index in [1.165, 1.54) is 10.6 Å². The van der Waals surface area contributed by atoms with Gasteiger partial charge in [-0.1, -0.05) is 11.6 Å². The summed E-state index contributed by atoms with van der Waals surface area (Å²) in [6.45, 7) is 1.56. The third-order valence-corrected chi connectivity index (χ3v) is 5.41. The Morgan fingerprint density at radius 3 is 2.48 bits per heavy atom. The number of carbonyl (C=O) groups is 1. The number of nitrogens with one attached hydrogen (secondary N) is 1. The molecule has 0 saturated carbocycles. The number of aromatic nitrogens is 1. The molecule has 2 aromatic rings. The monoisotopic (exact) mass is 549 g/mol. The molecule has 0 fully saturated rings. The highest BCUT2D eigenvalue weighted by molar-refractivity contribution is 14.0. The molecule has 0 atom stereocenters. The summed E-state index contributed by atoms with van der Waals surface area (Å²) in [7, 11) is 7.47. The molecule has 0 saturated heterocycles. The third-order valence-electron chi connectivity index (χ3n) is 4.14. The second-order valence-corrected chi connectivity index (χ2v) is 8.23. The average molecular weight is 550 g/mol. The lowest BCUT2D eigenvalue weighted by molar-refractivity contribution is -0.127. The van der Waals surface area contributed by atoms with Crippen molar-refractivity contribution in [2.75, 3.05) is 40.0 Å². The molecule has 0 spiro atoms. The summed E-state index contributed by atoms with van der Waals surface area (Å²) in [6, 6.07) is 11.9. The van der Waals surface area contributed by atoms with Gasteiger partial charge in [0.1, 0.15) is 6.54 Å². The number of aliphatic imine (C=N–C) groups is 1. The minimum Gasteiger partial charge on any atom is -0.355 e. The van der Waals surface area contributed by atoms with Crippen molar-refractivity contribution >= 4 is 59.2 Å². The van der Waals surface area contributed by atoms with Crippen molar-refractivity contribution in [2.24, 2.45) is 12.0 Å². The number of carbonyl (C=O) groups excluding carboxylic acids is 1. The summed E-state index contributed by atoms with van der Waals surface area (Å²) >= 11 is 7.67. The van der Waals surface area contributed by atoms with Crippen molar-refractivity contribution < 1.29 is 4.79 Å². The fraction of sp³-hybridized carbons (Fsp3) is 0.400. The predicted molar refractivity (Wildman–Crippen MR) is 133 cm³/mol. The number of benzene rings is 1. The van der Waals surface area contributed by atoms with Gasteiger partial charge in [0.25, 0.3) is 0 Å². The lowest BCUT2D eigenvalue weighted by atomic mass is 10.4. The second-order valence-electron chi connectivity index (χ2n) is 6.62. The van der Waals surface area contributed by atoms with Crippen LogP contribution in [0.2, 0.25) is 5.02 Å². The Hall–Kier alpha value is -1.39. The van der Waals surface area contributed by atoms with Crippen molar-refractivity contribution in [3.63, 3.8) is 0 Å². The zero-order chi connectivity index (χ0) is 20.5. The van der Waals surface area contributed by atoms with Crippen LogP contribution < -0.4 is 5.32 Å². The van der Waals surface area contributed by atoms with Gasteiger partial charge < -0.3 is 19.7 Å². The number of guanidine groups is 1. The minimum absolute atomic E-state index is 0. The maximum absolute atomic E-state index is 11.9. The van der Waals surface area contributed by atoms with Gasteiger partial charge >= 0.3 is 0 Å². The van der Waals surface area contributed by atoms with E-state index in [0.29, 0.717) is 12.5 Å². The molecule has 0 bridgehead atoms. The first-order chi connectivity index (χ1) is 13.4. The molecule has 160 valence electrons. The average Bonchev–Trinajstić information content (AvgIpc) is 3.06. The summed E-state index contributed by atoms with van der Waals surface area (Å²) in [5.74, 6) is 1.57. The molecule has 6 nitrogen and oxygen atoms in total. The van der Waals surface area contributed by atoms with E-state index in [4.69, 9.17) is 11.6 Å². The Labute approximate surface area is 199 Å². The summed E-state index contributed by atoms with van der Waals surface area (Å²) < 4.78 is 2.08. The van der Waals surface area contributed by atoms with Crippen LogP contribution in [0.25, 0.3) is 0 Å². The van der Waals surface area contributed by atoms with Crippen LogP contribution in [0.4, 0.5) is 0 Å². The molecule has 1 amide bonds. The summed E-state index contributed by atoms with van der Waals surface area (Å²) in [5.41, 5.74) is 1.17. The maximum Gasteiger partial charge on any atom is 0.243 e. The van der Waals surface area contributed by atoms with Crippen molar-refractivity contribution in [3.05, 3.63) is 53.3 Å². The van der Waals surface area contributed by atoms with Crippen molar-refractivity contribution in [1.29, 1.82) is 0 Å². The van der Waals surface area contributed by atoms with Crippen molar-refractivity contribution in [3.8, 4) is 0 Å². The number of likely N-dealkylation sites (N-methyl/N-ethyl adjacent to an activating group) is 1. The van der Waals surface area contributed by atoms with Crippen molar-refractivity contribution in [1.82, 2.24) is 19.7 Å². The standard InChI is InChI=1S/C20H28ClN5OS.HI/c1-24(2)19(27)14-23-20(26(4)15-17-6-5-12-25(17)3)22-11-13-28-18-9-7-16(21)8-10-18;/h5-10,12H,11,13-15H2,1-4H3,(H,22,23);1H. The molecule has 0 unspecified atom stereocenters. The van der Waals surface area contributed by atoms with E-state index in [9.17, 15) is 4.79 Å². The number of halogens is 2. The highest BCUT2D eigenvalue weighted by Crippen LogP contribution is 2.19. The summed E-state index contributed by atoms with van der Waals surface area (Å²) in [6.07, 6.45) is 2.02. The van der Waals surface area contributed by atoms with Gasteiger partial charge in [-0.2, -0.15) is 0 Å². The van der Waals surface area contributed by atoms with E-state index < -0.39 is 0 Å². The molecule has 0 aliphatic heterocycles. The molecule has 0 aliphatic carbocycles. The van der Waals surface area contributed by atoms with Gasteiger partial charge in [0.2, 0.25) is 5.91 Å². The highest BCUT2D eigenvalue weighted by atomic mass is 127. The Bertz CT molecular complexity index is 794. The molecule has 1 heterocycles. The zero-order valence-corrected chi connectivity index (χ0v) is 21.2. The first kappa shape index (κ1) is 25.6. The Morgan fingerprint density at radius 1 is 1.21 bits per heavy atom. The van der Waals surface area contributed by atoms with Gasteiger partial charge in [-0.05, 0) is 36.4 Å². The summed E-state index contributed by atoms with van der Waals surface area (Å²) in [5, 5.41) is 4.12. The van der Waals surface area contributed by atoms with Gasteiger partial charge in [-0.3, -0.25) is 4.79 Å². The van der Waals surface area contributed by atoms with Gasteiger partial charge in [0.05, 0.1) is 6.54 Å². The molecular weight excluding hydrogens is 521 g/mol. The number of amides is 1. The number of nitrogens with zero attached hydrogens (tertiary/aromatic N) is 4. The van der Waals surface area contributed by atoms with Crippen LogP contribution in [0.5, 0.6) is 0 Å². The fourth-order valence-electron chi connectivity index (χ4n) is 2.44. The Balaban J connectivity index is 0.00000420. The molecule has 1 aromatic carbocycles. The predicted octanol–water partition coefficient (Wildman–Crippen LogP) is 3.55. The van der Waals surface area contributed by atoms with E-state index in [-0.39, 0.29) is 36.4 Å². The lowest BCUT2D eigenvalue weighted by Crippen LogP contribution is -2.40. The number of hydrogen-bond acceptors (Lipinski definition) is 3. The second kappa shape index (κ2) is 13.0. The van der Waals surface area contributed by atoms with Crippen LogP contribution in [0, 0.1) is 0 Å². The first-order valence-corrected chi connectivity index (χ1v) is 10.4. The van der Waals surface area contributed by atoms with Crippen LogP contribution in [0.3, 0.4) is 0 Å². The highest BCUT2D eigenvalue weighted by Gasteiger charge is 2.11. The van der Waals surface area contributed by atoms with Gasteiger partial charge in [0, 0.05) is 62.3 Å². The number of thioether (sulfide) groups is 1. The fourth-order valence-corrected chi connectivity index (χ4v) is 3.33. The van der Waals surface area contributed by atoms with Crippen LogP contribution in [-0.2, 0) is 18.4 Å². The molecular formula is C20H29ClIN5OS. The maximum atomic E-state index is 11.9. The molecule has 0 aliphatic rings. The molecule has 2 rings (SSSR count).